The van der Waals surface area contributed by atoms with Crippen LogP contribution < -0.4 is 15.5 Å². The Balaban J connectivity index is 1.73. The van der Waals surface area contributed by atoms with Crippen molar-refractivity contribution in [2.24, 2.45) is 4.99 Å². The molecule has 0 unspecified atom stereocenters. The van der Waals surface area contributed by atoms with Gasteiger partial charge in [-0.15, -0.1) is 0 Å². The third kappa shape index (κ3) is 4.25. The van der Waals surface area contributed by atoms with Gasteiger partial charge in [-0.25, -0.2) is 4.79 Å². The summed E-state index contributed by atoms with van der Waals surface area (Å²) < 4.78 is 5.19. The molecule has 140 valence electrons. The van der Waals surface area contributed by atoms with E-state index in [2.05, 4.69) is 15.6 Å². The molecular weight excluding hydrogens is 344 g/mol. The van der Waals surface area contributed by atoms with Gasteiger partial charge in [0.2, 0.25) is 6.17 Å². The second-order valence-electron chi connectivity index (χ2n) is 6.41. The molecule has 1 aliphatic rings. The number of ether oxygens (including phenoxy) is 1. The summed E-state index contributed by atoms with van der Waals surface area (Å²) in [4.78, 5) is 31.0. The molecule has 0 saturated heterocycles. The van der Waals surface area contributed by atoms with E-state index in [4.69, 9.17) is 4.74 Å². The molecule has 0 aromatic heterocycles. The van der Waals surface area contributed by atoms with Crippen LogP contribution in [0.1, 0.15) is 18.1 Å². The van der Waals surface area contributed by atoms with Gasteiger partial charge >= 0.3 is 6.09 Å². The average Bonchev–Trinajstić information content (AvgIpc) is 2.77. The first kappa shape index (κ1) is 18.4. The third-order valence-corrected chi connectivity index (χ3v) is 4.20. The Hall–Kier alpha value is -3.35. The number of nitrogens with one attached hydrogen (secondary N) is 2. The van der Waals surface area contributed by atoms with E-state index >= 15 is 0 Å². The highest BCUT2D eigenvalue weighted by molar-refractivity contribution is 6.13. The summed E-state index contributed by atoms with van der Waals surface area (Å²) in [5.41, 5.74) is 3.87. The van der Waals surface area contributed by atoms with Crippen LogP contribution in [0.25, 0.3) is 0 Å². The van der Waals surface area contributed by atoms with Crippen LogP contribution in [0.3, 0.4) is 0 Å². The van der Waals surface area contributed by atoms with E-state index in [0.29, 0.717) is 11.4 Å². The lowest BCUT2D eigenvalue weighted by Crippen LogP contribution is -2.42. The highest BCUT2D eigenvalue weighted by Gasteiger charge is 2.27. The third-order valence-electron chi connectivity index (χ3n) is 4.20. The van der Waals surface area contributed by atoms with Crippen LogP contribution in [0.15, 0.2) is 53.5 Å². The van der Waals surface area contributed by atoms with Crippen molar-refractivity contribution in [3.8, 4) is 0 Å². The van der Waals surface area contributed by atoms with E-state index in [0.717, 1.165) is 16.8 Å². The summed E-state index contributed by atoms with van der Waals surface area (Å²) in [6.07, 6.45) is -1.76. The minimum atomic E-state index is -1.06. The molecule has 0 fully saturated rings. The van der Waals surface area contributed by atoms with Gasteiger partial charge in [0.15, 0.2) is 0 Å². The van der Waals surface area contributed by atoms with E-state index in [9.17, 15) is 9.59 Å². The number of carbonyl (C=O) groups is 2. The molecule has 2 aromatic rings. The summed E-state index contributed by atoms with van der Waals surface area (Å²) in [5.74, 6) is -0.418. The molecule has 2 amide bonds. The fourth-order valence-electron chi connectivity index (χ4n) is 2.83. The van der Waals surface area contributed by atoms with Gasteiger partial charge in [-0.1, -0.05) is 42.5 Å². The van der Waals surface area contributed by atoms with Crippen molar-refractivity contribution in [2.45, 2.75) is 19.7 Å². The number of fused-ring (bicyclic) bond motifs is 1. The number of amides is 2. The zero-order chi connectivity index (χ0) is 19.4. The van der Waals surface area contributed by atoms with E-state index in [1.54, 1.807) is 0 Å². The maximum absolute atomic E-state index is 12.6. The van der Waals surface area contributed by atoms with Crippen LogP contribution in [-0.4, -0.2) is 38.0 Å². The quantitative estimate of drug-likeness (QED) is 0.872. The number of hydrogen-bond donors (Lipinski definition) is 2. The number of benzene rings is 2. The van der Waals surface area contributed by atoms with Crippen molar-refractivity contribution in [3.63, 3.8) is 0 Å². The first-order valence-electron chi connectivity index (χ1n) is 8.59. The van der Waals surface area contributed by atoms with Crippen molar-refractivity contribution in [3.05, 3.63) is 59.7 Å². The molecule has 1 aliphatic heterocycles. The van der Waals surface area contributed by atoms with Gasteiger partial charge in [0.1, 0.15) is 6.61 Å². The Morgan fingerprint density at radius 1 is 1.19 bits per heavy atom. The molecule has 0 aliphatic carbocycles. The number of hydrogen-bond acceptors (Lipinski definition) is 5. The molecule has 0 saturated carbocycles. The molecule has 1 atom stereocenters. The van der Waals surface area contributed by atoms with Crippen molar-refractivity contribution < 1.29 is 14.3 Å². The highest BCUT2D eigenvalue weighted by Crippen LogP contribution is 2.30. The lowest BCUT2D eigenvalue weighted by atomic mass is 10.1. The largest absolute Gasteiger partial charge is 0.445 e. The minimum Gasteiger partial charge on any atom is -0.445 e. The maximum Gasteiger partial charge on any atom is 0.409 e. The molecule has 7 heteroatoms. The van der Waals surface area contributed by atoms with Crippen LogP contribution in [0, 0.1) is 0 Å². The van der Waals surface area contributed by atoms with Gasteiger partial charge in [0.05, 0.1) is 11.4 Å². The van der Waals surface area contributed by atoms with E-state index in [1.165, 1.54) is 0 Å². The first-order valence-corrected chi connectivity index (χ1v) is 8.59. The number of anilines is 2. The summed E-state index contributed by atoms with van der Waals surface area (Å²) >= 11 is 0. The number of alkyl carbamates (subject to hydrolysis) is 1. The Morgan fingerprint density at radius 2 is 1.93 bits per heavy atom. The number of rotatable bonds is 4. The van der Waals surface area contributed by atoms with E-state index < -0.39 is 18.2 Å². The number of para-hydroxylation sites is 1. The first-order chi connectivity index (χ1) is 13.0. The average molecular weight is 366 g/mol. The topological polar surface area (TPSA) is 83.0 Å². The summed E-state index contributed by atoms with van der Waals surface area (Å²) in [7, 11) is 3.80. The molecule has 2 aromatic carbocycles. The zero-order valence-electron chi connectivity index (χ0n) is 15.5. The standard InChI is InChI=1S/C20H22N4O3/c1-13-15-10-7-11-16(24(2)3)17(15)22-19(25)18(21-13)23-20(26)27-12-14-8-5-4-6-9-14/h4-11,18H,12H2,1-3H3,(H,22,25)(H,23,26)/t18-/m1/s1. The smallest absolute Gasteiger partial charge is 0.409 e. The van der Waals surface area contributed by atoms with Gasteiger partial charge in [-0.05, 0) is 18.6 Å². The number of nitrogens with zero attached hydrogens (tertiary/aromatic N) is 2. The second kappa shape index (κ2) is 7.90. The molecule has 7 nitrogen and oxygen atoms in total. The molecule has 1 heterocycles. The van der Waals surface area contributed by atoms with Gasteiger partial charge < -0.3 is 15.0 Å². The fraction of sp³-hybridized carbons (Fsp3) is 0.250. The molecule has 0 bridgehead atoms. The van der Waals surface area contributed by atoms with Gasteiger partial charge in [-0.3, -0.25) is 15.1 Å². The summed E-state index contributed by atoms with van der Waals surface area (Å²) in [6.45, 7) is 1.93. The monoisotopic (exact) mass is 366 g/mol. The Labute approximate surface area is 158 Å². The minimum absolute atomic E-state index is 0.120. The summed E-state index contributed by atoms with van der Waals surface area (Å²) in [6, 6.07) is 15.0. The van der Waals surface area contributed by atoms with E-state index in [1.807, 2.05) is 74.4 Å². The van der Waals surface area contributed by atoms with Crippen LogP contribution >= 0.6 is 0 Å². The predicted molar refractivity (Wildman–Crippen MR) is 105 cm³/mol. The predicted octanol–water partition coefficient (Wildman–Crippen LogP) is 2.77. The normalized spacial score (nSPS) is 15.7. The van der Waals surface area contributed by atoms with E-state index in [-0.39, 0.29) is 6.61 Å². The van der Waals surface area contributed by atoms with Crippen LogP contribution in [-0.2, 0) is 16.1 Å². The number of carbonyl (C=O) groups excluding carboxylic acids is 2. The molecule has 2 N–H and O–H groups in total. The second-order valence-corrected chi connectivity index (χ2v) is 6.41. The Morgan fingerprint density at radius 3 is 2.63 bits per heavy atom. The highest BCUT2D eigenvalue weighted by atomic mass is 16.5. The van der Waals surface area contributed by atoms with Gasteiger partial charge in [0.25, 0.3) is 5.91 Å². The molecule has 0 radical (unpaired) electrons. The molecule has 0 spiro atoms. The SMILES string of the molecule is CC1=N[C@H](NC(=O)OCc2ccccc2)C(=O)Nc2c1cccc2N(C)C. The molecule has 27 heavy (non-hydrogen) atoms. The number of benzodiazepines with no additional fused rings is 1. The molecule has 3 rings (SSSR count). The van der Waals surface area contributed by atoms with Crippen LogP contribution in [0.5, 0.6) is 0 Å². The Kier molecular flexibility index (Phi) is 5.40. The molecular formula is C20H22N4O3. The van der Waals surface area contributed by atoms with Crippen molar-refractivity contribution in [1.82, 2.24) is 5.32 Å². The van der Waals surface area contributed by atoms with Crippen molar-refractivity contribution in [1.29, 1.82) is 0 Å². The van der Waals surface area contributed by atoms with Crippen molar-refractivity contribution in [2.75, 3.05) is 24.3 Å². The summed E-state index contributed by atoms with van der Waals surface area (Å²) in [5, 5.41) is 5.39. The Bertz CT molecular complexity index is 878. The van der Waals surface area contributed by atoms with Gasteiger partial charge in [-0.2, -0.15) is 0 Å². The maximum atomic E-state index is 12.6. The number of aliphatic imine (C=N–C) groups is 1. The van der Waals surface area contributed by atoms with Crippen LogP contribution in [0.2, 0.25) is 0 Å². The lowest BCUT2D eigenvalue weighted by Gasteiger charge is -2.19. The van der Waals surface area contributed by atoms with Gasteiger partial charge in [0, 0.05) is 25.4 Å². The lowest BCUT2D eigenvalue weighted by molar-refractivity contribution is -0.117. The zero-order valence-corrected chi connectivity index (χ0v) is 15.5. The van der Waals surface area contributed by atoms with Crippen LogP contribution in [0.4, 0.5) is 16.2 Å². The van der Waals surface area contributed by atoms with Crippen molar-refractivity contribution >= 4 is 29.1 Å². The fourth-order valence-corrected chi connectivity index (χ4v) is 2.83.